The quantitative estimate of drug-likeness (QED) is 0.680. The van der Waals surface area contributed by atoms with Crippen molar-refractivity contribution in [1.29, 1.82) is 0 Å². The third-order valence-electron chi connectivity index (χ3n) is 2.25. The second-order valence-corrected chi connectivity index (χ2v) is 4.58. The van der Waals surface area contributed by atoms with Gasteiger partial charge in [-0.1, -0.05) is 12.1 Å². The summed E-state index contributed by atoms with van der Waals surface area (Å²) in [5.74, 6) is 0. The molecular formula is C12H19NS. The molecule has 0 spiro atoms. The molecule has 2 heteroatoms. The van der Waals surface area contributed by atoms with Crippen LogP contribution in [0.5, 0.6) is 0 Å². The van der Waals surface area contributed by atoms with Crippen LogP contribution in [0, 0.1) is 0 Å². The molecule has 0 aliphatic carbocycles. The van der Waals surface area contributed by atoms with Crippen molar-refractivity contribution in [2.45, 2.75) is 32.2 Å². The Morgan fingerprint density at radius 2 is 2.50 bits per heavy atom. The van der Waals surface area contributed by atoms with Gasteiger partial charge in [-0.25, -0.2) is 0 Å². The maximum atomic E-state index is 3.73. The highest BCUT2D eigenvalue weighted by Gasteiger charge is 1.99. The van der Waals surface area contributed by atoms with E-state index in [0.717, 1.165) is 19.4 Å². The van der Waals surface area contributed by atoms with Crippen LogP contribution in [0.2, 0.25) is 0 Å². The lowest BCUT2D eigenvalue weighted by Gasteiger charge is -2.11. The molecule has 0 fully saturated rings. The molecule has 1 rings (SSSR count). The number of nitrogens with one attached hydrogen (secondary N) is 1. The Hall–Kier alpha value is -0.600. The first-order valence-corrected chi connectivity index (χ1v) is 6.07. The largest absolute Gasteiger partial charge is 0.314 e. The van der Waals surface area contributed by atoms with Crippen molar-refractivity contribution in [2.24, 2.45) is 0 Å². The number of rotatable bonds is 7. The topological polar surface area (TPSA) is 12.0 Å². The summed E-state index contributed by atoms with van der Waals surface area (Å²) >= 11 is 1.84. The summed E-state index contributed by atoms with van der Waals surface area (Å²) < 4.78 is 0. The Bertz CT molecular complexity index is 241. The van der Waals surface area contributed by atoms with Gasteiger partial charge in [0.25, 0.3) is 0 Å². The molecule has 0 radical (unpaired) electrons. The number of hydrogen-bond donors (Lipinski definition) is 1. The lowest BCUT2D eigenvalue weighted by atomic mass is 10.2. The molecule has 1 nitrogen and oxygen atoms in total. The molecule has 1 atom stereocenters. The van der Waals surface area contributed by atoms with E-state index in [1.54, 1.807) is 0 Å². The number of allylic oxidation sites excluding steroid dienone is 1. The zero-order valence-electron chi connectivity index (χ0n) is 8.83. The van der Waals surface area contributed by atoms with Crippen LogP contribution in [-0.2, 0) is 6.42 Å². The average molecular weight is 209 g/mol. The Balaban J connectivity index is 2.06. The SMILES string of the molecule is C=CCC[C@H](C)NCCc1cccs1. The monoisotopic (exact) mass is 209 g/mol. The fourth-order valence-corrected chi connectivity index (χ4v) is 2.08. The smallest absolute Gasteiger partial charge is 0.00578 e. The summed E-state index contributed by atoms with van der Waals surface area (Å²) in [4.78, 5) is 1.47. The van der Waals surface area contributed by atoms with Crippen molar-refractivity contribution in [2.75, 3.05) is 6.54 Å². The van der Waals surface area contributed by atoms with Gasteiger partial charge in [0, 0.05) is 17.5 Å². The molecule has 1 aromatic heterocycles. The molecule has 0 aliphatic heterocycles. The van der Waals surface area contributed by atoms with Gasteiger partial charge in [0.1, 0.15) is 0 Å². The van der Waals surface area contributed by atoms with E-state index in [2.05, 4.69) is 36.3 Å². The molecule has 0 amide bonds. The minimum Gasteiger partial charge on any atom is -0.314 e. The van der Waals surface area contributed by atoms with Crippen molar-refractivity contribution in [3.63, 3.8) is 0 Å². The molecule has 78 valence electrons. The standard InChI is InChI=1S/C12H19NS/c1-3-4-6-11(2)13-9-8-12-7-5-10-14-12/h3,5,7,10-11,13H,1,4,6,8-9H2,2H3/t11-/m0/s1. The summed E-state index contributed by atoms with van der Waals surface area (Å²) in [6.07, 6.45) is 5.43. The van der Waals surface area contributed by atoms with Crippen LogP contribution in [0.4, 0.5) is 0 Å². The van der Waals surface area contributed by atoms with E-state index in [4.69, 9.17) is 0 Å². The van der Waals surface area contributed by atoms with Gasteiger partial charge in [-0.2, -0.15) is 0 Å². The van der Waals surface area contributed by atoms with E-state index in [9.17, 15) is 0 Å². The van der Waals surface area contributed by atoms with E-state index in [1.165, 1.54) is 11.3 Å². The molecule has 0 aromatic carbocycles. The summed E-state index contributed by atoms with van der Waals surface area (Å²) in [5.41, 5.74) is 0. The van der Waals surface area contributed by atoms with Gasteiger partial charge < -0.3 is 5.32 Å². The molecule has 1 N–H and O–H groups in total. The lowest BCUT2D eigenvalue weighted by Crippen LogP contribution is -2.27. The van der Waals surface area contributed by atoms with Crippen molar-refractivity contribution >= 4 is 11.3 Å². The summed E-state index contributed by atoms with van der Waals surface area (Å²) in [5, 5.41) is 5.65. The molecule has 0 aliphatic rings. The molecular weight excluding hydrogens is 190 g/mol. The minimum absolute atomic E-state index is 0.605. The van der Waals surface area contributed by atoms with Crippen LogP contribution in [-0.4, -0.2) is 12.6 Å². The van der Waals surface area contributed by atoms with Crippen LogP contribution in [0.1, 0.15) is 24.6 Å². The van der Waals surface area contributed by atoms with Crippen molar-refractivity contribution in [3.05, 3.63) is 35.0 Å². The Morgan fingerprint density at radius 3 is 3.14 bits per heavy atom. The van der Waals surface area contributed by atoms with E-state index >= 15 is 0 Å². The van der Waals surface area contributed by atoms with Crippen molar-refractivity contribution in [3.8, 4) is 0 Å². The molecule has 0 bridgehead atoms. The van der Waals surface area contributed by atoms with Gasteiger partial charge in [0.15, 0.2) is 0 Å². The van der Waals surface area contributed by atoms with Crippen LogP contribution in [0.25, 0.3) is 0 Å². The second-order valence-electron chi connectivity index (χ2n) is 3.55. The molecule has 0 saturated heterocycles. The average Bonchev–Trinajstić information content (AvgIpc) is 2.67. The van der Waals surface area contributed by atoms with E-state index in [0.29, 0.717) is 6.04 Å². The fourth-order valence-electron chi connectivity index (χ4n) is 1.37. The zero-order valence-corrected chi connectivity index (χ0v) is 9.65. The van der Waals surface area contributed by atoms with Crippen LogP contribution in [0.15, 0.2) is 30.2 Å². The zero-order chi connectivity index (χ0) is 10.2. The third-order valence-corrected chi connectivity index (χ3v) is 3.18. The van der Waals surface area contributed by atoms with E-state index in [-0.39, 0.29) is 0 Å². The number of hydrogen-bond acceptors (Lipinski definition) is 2. The maximum Gasteiger partial charge on any atom is 0.00578 e. The first kappa shape index (κ1) is 11.5. The molecule has 1 aromatic rings. The van der Waals surface area contributed by atoms with Gasteiger partial charge in [-0.15, -0.1) is 17.9 Å². The molecule has 14 heavy (non-hydrogen) atoms. The Kier molecular flexibility index (Phi) is 5.57. The van der Waals surface area contributed by atoms with Crippen molar-refractivity contribution < 1.29 is 0 Å². The maximum absolute atomic E-state index is 3.73. The van der Waals surface area contributed by atoms with Crippen molar-refractivity contribution in [1.82, 2.24) is 5.32 Å². The van der Waals surface area contributed by atoms with Gasteiger partial charge in [0.2, 0.25) is 0 Å². The van der Waals surface area contributed by atoms with Gasteiger partial charge >= 0.3 is 0 Å². The minimum atomic E-state index is 0.605. The van der Waals surface area contributed by atoms with Crippen LogP contribution in [0.3, 0.4) is 0 Å². The summed E-state index contributed by atoms with van der Waals surface area (Å²) in [7, 11) is 0. The van der Waals surface area contributed by atoms with E-state index in [1.807, 2.05) is 17.4 Å². The van der Waals surface area contributed by atoms with Crippen LogP contribution >= 0.6 is 11.3 Å². The van der Waals surface area contributed by atoms with Crippen LogP contribution < -0.4 is 5.32 Å². The molecule has 1 heterocycles. The Morgan fingerprint density at radius 1 is 1.64 bits per heavy atom. The Labute approximate surface area is 90.9 Å². The highest BCUT2D eigenvalue weighted by Crippen LogP contribution is 2.08. The summed E-state index contributed by atoms with van der Waals surface area (Å²) in [6, 6.07) is 4.91. The second kappa shape index (κ2) is 6.80. The van der Waals surface area contributed by atoms with Gasteiger partial charge in [0.05, 0.1) is 0 Å². The highest BCUT2D eigenvalue weighted by molar-refractivity contribution is 7.09. The third kappa shape index (κ3) is 4.58. The van der Waals surface area contributed by atoms with Gasteiger partial charge in [-0.3, -0.25) is 0 Å². The predicted molar refractivity (Wildman–Crippen MR) is 64.9 cm³/mol. The lowest BCUT2D eigenvalue weighted by molar-refractivity contribution is 0.522. The highest BCUT2D eigenvalue weighted by atomic mass is 32.1. The normalized spacial score (nSPS) is 12.6. The molecule has 0 unspecified atom stereocenters. The first-order chi connectivity index (χ1) is 6.83. The fraction of sp³-hybridized carbons (Fsp3) is 0.500. The molecule has 0 saturated carbocycles. The number of thiophene rings is 1. The summed E-state index contributed by atoms with van der Waals surface area (Å²) in [6.45, 7) is 7.04. The predicted octanol–water partition coefficient (Wildman–Crippen LogP) is 3.23. The first-order valence-electron chi connectivity index (χ1n) is 5.19. The van der Waals surface area contributed by atoms with Gasteiger partial charge in [-0.05, 0) is 37.6 Å². The van der Waals surface area contributed by atoms with E-state index < -0.39 is 0 Å².